The van der Waals surface area contributed by atoms with Crippen LogP contribution < -0.4 is 0 Å². The molecule has 4 fully saturated rings. The highest BCUT2D eigenvalue weighted by molar-refractivity contribution is 7.99. The fraction of sp³-hybridized carbons (Fsp3) is 0.875. The highest BCUT2D eigenvalue weighted by atomic mass is 32.2. The first-order valence-electron chi connectivity index (χ1n) is 11.8. The van der Waals surface area contributed by atoms with Crippen LogP contribution in [0.3, 0.4) is 0 Å². The second kappa shape index (κ2) is 7.00. The minimum Gasteiger partial charge on any atom is -0.393 e. The minimum absolute atomic E-state index is 0.0315. The zero-order chi connectivity index (χ0) is 20.4. The lowest BCUT2D eigenvalue weighted by molar-refractivity contribution is -0.152. The van der Waals surface area contributed by atoms with E-state index in [-0.39, 0.29) is 11.5 Å². The summed E-state index contributed by atoms with van der Waals surface area (Å²) < 4.78 is 2.05. The first-order chi connectivity index (χ1) is 13.8. The van der Waals surface area contributed by atoms with Crippen molar-refractivity contribution in [1.82, 2.24) is 9.55 Å². The van der Waals surface area contributed by atoms with E-state index in [0.29, 0.717) is 17.3 Å². The van der Waals surface area contributed by atoms with Gasteiger partial charge in [0.05, 0.1) is 11.7 Å². The number of thioether (sulfide) groups is 1. The average molecular weight is 419 g/mol. The number of hydrogen-bond donors (Lipinski definition) is 2. The van der Waals surface area contributed by atoms with Crippen LogP contribution in [0.4, 0.5) is 0 Å². The number of aliphatic hydroxyl groups excluding tert-OH is 1. The summed E-state index contributed by atoms with van der Waals surface area (Å²) in [6.07, 6.45) is 14.1. The van der Waals surface area contributed by atoms with Crippen molar-refractivity contribution in [3.05, 3.63) is 12.4 Å². The molecule has 2 N–H and O–H groups in total. The largest absolute Gasteiger partial charge is 0.393 e. The molecule has 0 spiro atoms. The molecule has 0 radical (unpaired) electrons. The molecule has 1 aromatic rings. The Morgan fingerprint density at radius 2 is 1.90 bits per heavy atom. The van der Waals surface area contributed by atoms with Crippen molar-refractivity contribution < 1.29 is 10.2 Å². The summed E-state index contributed by atoms with van der Waals surface area (Å²) >= 11 is 1.73. The topological polar surface area (TPSA) is 58.3 Å². The van der Waals surface area contributed by atoms with Crippen LogP contribution >= 0.6 is 11.8 Å². The van der Waals surface area contributed by atoms with Gasteiger partial charge in [-0.2, -0.15) is 0 Å². The van der Waals surface area contributed by atoms with E-state index in [9.17, 15) is 10.2 Å². The van der Waals surface area contributed by atoms with Gasteiger partial charge in [-0.05, 0) is 86.9 Å². The van der Waals surface area contributed by atoms with E-state index in [0.717, 1.165) is 48.4 Å². The number of aromatic nitrogens is 2. The molecule has 8 atom stereocenters. The highest BCUT2D eigenvalue weighted by Crippen LogP contribution is 2.68. The molecule has 0 aliphatic heterocycles. The van der Waals surface area contributed by atoms with Gasteiger partial charge in [-0.3, -0.25) is 0 Å². The normalized spacial score (nSPS) is 49.3. The van der Waals surface area contributed by atoms with E-state index >= 15 is 0 Å². The van der Waals surface area contributed by atoms with Crippen molar-refractivity contribution in [1.29, 1.82) is 0 Å². The van der Waals surface area contributed by atoms with Crippen LogP contribution in [0.2, 0.25) is 0 Å². The lowest BCUT2D eigenvalue weighted by Crippen LogP contribution is -2.57. The number of aliphatic hydroxyl groups is 2. The van der Waals surface area contributed by atoms with Gasteiger partial charge in [0.2, 0.25) is 0 Å². The molecule has 0 aromatic carbocycles. The predicted molar refractivity (Wildman–Crippen MR) is 117 cm³/mol. The number of rotatable bonds is 3. The van der Waals surface area contributed by atoms with Crippen molar-refractivity contribution in [3.8, 4) is 0 Å². The molecular weight excluding hydrogens is 380 g/mol. The van der Waals surface area contributed by atoms with Crippen LogP contribution in [0.5, 0.6) is 0 Å². The van der Waals surface area contributed by atoms with Gasteiger partial charge < -0.3 is 14.8 Å². The number of fused-ring (bicyclic) bond motifs is 5. The fourth-order valence-corrected chi connectivity index (χ4v) is 9.50. The molecule has 1 aromatic heterocycles. The van der Waals surface area contributed by atoms with Gasteiger partial charge in [-0.1, -0.05) is 25.6 Å². The number of imidazole rings is 1. The third kappa shape index (κ3) is 2.97. The van der Waals surface area contributed by atoms with Crippen molar-refractivity contribution in [2.24, 2.45) is 41.5 Å². The van der Waals surface area contributed by atoms with E-state index in [1.807, 2.05) is 19.4 Å². The summed E-state index contributed by atoms with van der Waals surface area (Å²) in [5.41, 5.74) is -0.143. The molecule has 5 rings (SSSR count). The van der Waals surface area contributed by atoms with Gasteiger partial charge in [0.15, 0.2) is 5.16 Å². The molecule has 4 nitrogen and oxygen atoms in total. The first kappa shape index (κ1) is 20.4. The van der Waals surface area contributed by atoms with Crippen molar-refractivity contribution in [2.75, 3.05) is 5.75 Å². The molecule has 5 heteroatoms. The number of aryl methyl sites for hydroxylation is 1. The zero-order valence-electron chi connectivity index (χ0n) is 18.3. The Balaban J connectivity index is 1.36. The van der Waals surface area contributed by atoms with E-state index in [2.05, 4.69) is 23.4 Å². The summed E-state index contributed by atoms with van der Waals surface area (Å²) in [4.78, 5) is 4.45. The summed E-state index contributed by atoms with van der Waals surface area (Å²) in [5.74, 6) is 3.66. The molecular formula is C24H38N2O2S. The quantitative estimate of drug-likeness (QED) is 0.702. The Kier molecular flexibility index (Phi) is 4.92. The van der Waals surface area contributed by atoms with Crippen molar-refractivity contribution >= 4 is 11.8 Å². The molecule has 4 aliphatic carbocycles. The van der Waals surface area contributed by atoms with Crippen LogP contribution in [0.25, 0.3) is 0 Å². The van der Waals surface area contributed by atoms with Gasteiger partial charge in [0, 0.05) is 30.6 Å². The van der Waals surface area contributed by atoms with Gasteiger partial charge >= 0.3 is 0 Å². The SMILES string of the molecule is Cn1ccnc1SC[C@]1(O)CC[C@H]2[C@@H]3CC[C@@H]4C[C@@H](O)CC[C@]4(C)[C@H]3CC[C@@]21C. The maximum Gasteiger partial charge on any atom is 0.167 e. The standard InChI is InChI=1S/C24H38N2O2S/c1-22-9-6-17(27)14-16(22)4-5-18-19(22)7-10-23(2)20(18)8-11-24(23,28)15-29-21-25-12-13-26(21)3/h12-13,16-20,27-28H,4-11,14-15H2,1-3H3/t16-,17+,18-,19+,20+,22+,23+,24-/m1/s1. The molecule has 0 amide bonds. The van der Waals surface area contributed by atoms with E-state index in [4.69, 9.17) is 0 Å². The minimum atomic E-state index is -0.584. The summed E-state index contributed by atoms with van der Waals surface area (Å²) in [5, 5.41) is 23.1. The Bertz CT molecular complexity index is 768. The maximum absolute atomic E-state index is 11.9. The van der Waals surface area contributed by atoms with Gasteiger partial charge in [0.1, 0.15) is 0 Å². The highest BCUT2D eigenvalue weighted by Gasteiger charge is 2.64. The van der Waals surface area contributed by atoms with Crippen LogP contribution in [-0.4, -0.2) is 37.2 Å². The Hall–Kier alpha value is -0.520. The predicted octanol–water partition coefficient (Wildman–Crippen LogP) is 4.65. The Morgan fingerprint density at radius 1 is 1.10 bits per heavy atom. The average Bonchev–Trinajstić information content (AvgIpc) is 3.22. The Labute approximate surface area is 179 Å². The van der Waals surface area contributed by atoms with Crippen molar-refractivity contribution in [2.45, 2.75) is 88.5 Å². The molecule has 4 aliphatic rings. The molecule has 162 valence electrons. The Morgan fingerprint density at radius 3 is 2.66 bits per heavy atom. The van der Waals surface area contributed by atoms with Crippen LogP contribution in [0, 0.1) is 34.5 Å². The second-order valence-corrected chi connectivity index (χ2v) is 12.2. The van der Waals surface area contributed by atoms with Gasteiger partial charge in [-0.25, -0.2) is 4.98 Å². The smallest absolute Gasteiger partial charge is 0.167 e. The summed E-state index contributed by atoms with van der Waals surface area (Å²) in [7, 11) is 2.03. The number of hydrogen-bond acceptors (Lipinski definition) is 4. The lowest BCUT2D eigenvalue weighted by Gasteiger charge is -2.61. The van der Waals surface area contributed by atoms with Crippen LogP contribution in [0.15, 0.2) is 17.6 Å². The monoisotopic (exact) mass is 418 g/mol. The summed E-state index contributed by atoms with van der Waals surface area (Å²) in [6, 6.07) is 0. The van der Waals surface area contributed by atoms with Gasteiger partial charge in [0.25, 0.3) is 0 Å². The molecule has 1 heterocycles. The van der Waals surface area contributed by atoms with E-state index in [1.165, 1.54) is 32.1 Å². The fourth-order valence-electron chi connectivity index (χ4n) is 8.26. The van der Waals surface area contributed by atoms with Crippen molar-refractivity contribution in [3.63, 3.8) is 0 Å². The maximum atomic E-state index is 11.9. The third-order valence-electron chi connectivity index (χ3n) is 10.2. The molecule has 0 saturated heterocycles. The molecule has 0 unspecified atom stereocenters. The molecule has 4 saturated carbocycles. The number of nitrogens with zero attached hydrogens (tertiary/aromatic N) is 2. The van der Waals surface area contributed by atoms with E-state index in [1.54, 1.807) is 11.8 Å². The van der Waals surface area contributed by atoms with Gasteiger partial charge in [-0.15, -0.1) is 0 Å². The van der Waals surface area contributed by atoms with E-state index < -0.39 is 5.60 Å². The third-order valence-corrected chi connectivity index (χ3v) is 11.5. The van der Waals surface area contributed by atoms with Crippen LogP contribution in [0.1, 0.15) is 71.6 Å². The molecule has 29 heavy (non-hydrogen) atoms. The second-order valence-electron chi connectivity index (χ2n) is 11.2. The molecule has 0 bridgehead atoms. The summed E-state index contributed by atoms with van der Waals surface area (Å²) in [6.45, 7) is 4.94. The first-order valence-corrected chi connectivity index (χ1v) is 12.8. The van der Waals surface area contributed by atoms with Crippen LogP contribution in [-0.2, 0) is 7.05 Å². The zero-order valence-corrected chi connectivity index (χ0v) is 19.1. The lowest BCUT2D eigenvalue weighted by atomic mass is 9.44.